The maximum absolute atomic E-state index is 9.04. The Morgan fingerprint density at radius 2 is 2.12 bits per heavy atom. The van der Waals surface area contributed by atoms with Gasteiger partial charge in [0, 0.05) is 0 Å². The van der Waals surface area contributed by atoms with Crippen LogP contribution in [0.5, 0.6) is 0 Å². The van der Waals surface area contributed by atoms with Crippen molar-refractivity contribution in [2.75, 3.05) is 0 Å². The van der Waals surface area contributed by atoms with Crippen molar-refractivity contribution < 1.29 is 5.11 Å². The van der Waals surface area contributed by atoms with Gasteiger partial charge in [-0.3, -0.25) is 0 Å². The van der Waals surface area contributed by atoms with E-state index in [-0.39, 0.29) is 0 Å². The summed E-state index contributed by atoms with van der Waals surface area (Å²) in [5, 5.41) is 9.04. The van der Waals surface area contributed by atoms with Crippen molar-refractivity contribution >= 4 is 0 Å². The molecule has 0 bridgehead atoms. The fraction of sp³-hybridized carbons (Fsp3) is 0.667. The van der Waals surface area contributed by atoms with E-state index in [2.05, 4.69) is 0 Å². The van der Waals surface area contributed by atoms with E-state index >= 15 is 0 Å². The second kappa shape index (κ2) is 2.72. The molecule has 0 aromatic rings. The largest absolute Gasteiger partial charge is 0.405 e. The van der Waals surface area contributed by atoms with Gasteiger partial charge in [-0.15, -0.1) is 0 Å². The Labute approximate surface area is 50.0 Å². The Morgan fingerprint density at radius 3 is 2.25 bits per heavy atom. The summed E-state index contributed by atoms with van der Waals surface area (Å²) in [7, 11) is 0. The van der Waals surface area contributed by atoms with Gasteiger partial charge in [-0.25, -0.2) is 0 Å². The summed E-state index contributed by atoms with van der Waals surface area (Å²) >= 11 is 0. The van der Waals surface area contributed by atoms with Crippen molar-refractivity contribution in [3.63, 3.8) is 0 Å². The number of rotatable bonds is 2. The van der Waals surface area contributed by atoms with Gasteiger partial charge in [0.05, 0.1) is 5.60 Å². The molecule has 8 heavy (non-hydrogen) atoms. The van der Waals surface area contributed by atoms with E-state index in [4.69, 9.17) is 10.8 Å². The second-order valence-corrected chi connectivity index (χ2v) is 2.44. The minimum atomic E-state index is -0.615. The first kappa shape index (κ1) is 7.50. The van der Waals surface area contributed by atoms with Gasteiger partial charge in [0.2, 0.25) is 0 Å². The summed E-state index contributed by atoms with van der Waals surface area (Å²) in [6.07, 6.45) is 3.79. The van der Waals surface area contributed by atoms with Gasteiger partial charge >= 0.3 is 0 Å². The number of nitrogens with two attached hydrogens (primary N) is 1. The minimum Gasteiger partial charge on any atom is -0.405 e. The molecule has 0 saturated carbocycles. The Bertz CT molecular complexity index is 81.0. The fourth-order valence-corrected chi connectivity index (χ4v) is 0.356. The minimum absolute atomic E-state index is 0.615. The van der Waals surface area contributed by atoms with E-state index in [0.717, 1.165) is 0 Å². The third kappa shape index (κ3) is 5.50. The molecule has 0 aliphatic carbocycles. The zero-order valence-corrected chi connectivity index (χ0v) is 5.39. The smallest absolute Gasteiger partial charge is 0.0626 e. The molecule has 0 aromatic heterocycles. The molecule has 48 valence electrons. The first-order chi connectivity index (χ1) is 3.56. The third-order valence-electron chi connectivity index (χ3n) is 0.753. The molecule has 2 nitrogen and oxygen atoms in total. The van der Waals surface area contributed by atoms with Crippen LogP contribution in [-0.2, 0) is 0 Å². The second-order valence-electron chi connectivity index (χ2n) is 2.44. The van der Waals surface area contributed by atoms with Crippen LogP contribution in [0, 0.1) is 0 Å². The van der Waals surface area contributed by atoms with E-state index in [9.17, 15) is 0 Å². The van der Waals surface area contributed by atoms with Crippen LogP contribution in [0.4, 0.5) is 0 Å². The molecule has 0 radical (unpaired) electrons. The van der Waals surface area contributed by atoms with Crippen molar-refractivity contribution in [2.45, 2.75) is 25.9 Å². The highest BCUT2D eigenvalue weighted by Gasteiger charge is 2.07. The lowest BCUT2D eigenvalue weighted by molar-refractivity contribution is 0.0838. The fourth-order valence-electron chi connectivity index (χ4n) is 0.356. The average Bonchev–Trinajstić information content (AvgIpc) is 1.59. The molecule has 0 amide bonds. The zero-order chi connectivity index (χ0) is 6.62. The van der Waals surface area contributed by atoms with E-state index in [0.29, 0.717) is 6.42 Å². The van der Waals surface area contributed by atoms with Crippen LogP contribution >= 0.6 is 0 Å². The Morgan fingerprint density at radius 1 is 1.62 bits per heavy atom. The van der Waals surface area contributed by atoms with Crippen LogP contribution < -0.4 is 5.73 Å². The van der Waals surface area contributed by atoms with Gasteiger partial charge in [0.15, 0.2) is 0 Å². The lowest BCUT2D eigenvalue weighted by Crippen LogP contribution is -2.16. The summed E-state index contributed by atoms with van der Waals surface area (Å²) in [6, 6.07) is 0. The molecule has 0 aliphatic rings. The summed E-state index contributed by atoms with van der Waals surface area (Å²) in [4.78, 5) is 0. The monoisotopic (exact) mass is 115 g/mol. The van der Waals surface area contributed by atoms with E-state index in [1.807, 2.05) is 0 Å². The van der Waals surface area contributed by atoms with Gasteiger partial charge in [-0.2, -0.15) is 0 Å². The van der Waals surface area contributed by atoms with Gasteiger partial charge in [0.1, 0.15) is 0 Å². The number of hydrogen-bond donors (Lipinski definition) is 2. The molecule has 0 rings (SSSR count). The van der Waals surface area contributed by atoms with Crippen molar-refractivity contribution in [1.29, 1.82) is 0 Å². The van der Waals surface area contributed by atoms with Crippen molar-refractivity contribution in [3.8, 4) is 0 Å². The molecule has 0 aromatic carbocycles. The molecular weight excluding hydrogens is 102 g/mol. The summed E-state index contributed by atoms with van der Waals surface area (Å²) < 4.78 is 0. The van der Waals surface area contributed by atoms with Crippen LogP contribution in [0.2, 0.25) is 0 Å². The van der Waals surface area contributed by atoms with Gasteiger partial charge in [0.25, 0.3) is 0 Å². The van der Waals surface area contributed by atoms with E-state index < -0.39 is 5.60 Å². The molecule has 3 N–H and O–H groups in total. The average molecular weight is 115 g/mol. The Balaban J connectivity index is 3.39. The SMILES string of the molecule is CC(C)(O)CC=CN. The quantitative estimate of drug-likeness (QED) is 0.554. The molecule has 2 heteroatoms. The number of aliphatic hydroxyl groups is 1. The van der Waals surface area contributed by atoms with Crippen LogP contribution in [-0.4, -0.2) is 10.7 Å². The van der Waals surface area contributed by atoms with Crippen LogP contribution in [0.15, 0.2) is 12.3 Å². The maximum atomic E-state index is 9.04. The Hall–Kier alpha value is -0.500. The van der Waals surface area contributed by atoms with Crippen LogP contribution in [0.1, 0.15) is 20.3 Å². The van der Waals surface area contributed by atoms with Gasteiger partial charge in [-0.05, 0) is 26.5 Å². The highest BCUT2D eigenvalue weighted by Crippen LogP contribution is 2.06. The van der Waals surface area contributed by atoms with E-state index in [1.54, 1.807) is 19.9 Å². The summed E-state index contributed by atoms with van der Waals surface area (Å²) in [5.74, 6) is 0. The van der Waals surface area contributed by atoms with Crippen molar-refractivity contribution in [1.82, 2.24) is 0 Å². The third-order valence-corrected chi connectivity index (χ3v) is 0.753. The number of hydrogen-bond acceptors (Lipinski definition) is 2. The predicted molar refractivity (Wildman–Crippen MR) is 34.2 cm³/mol. The summed E-state index contributed by atoms with van der Waals surface area (Å²) in [5.41, 5.74) is 4.43. The molecule has 0 heterocycles. The molecule has 0 spiro atoms. The molecule has 0 atom stereocenters. The standard InChI is InChI=1S/C6H13NO/c1-6(2,8)4-3-5-7/h3,5,8H,4,7H2,1-2H3. The first-order valence-corrected chi connectivity index (χ1v) is 2.65. The molecular formula is C6H13NO. The topological polar surface area (TPSA) is 46.2 Å². The van der Waals surface area contributed by atoms with Crippen molar-refractivity contribution in [2.24, 2.45) is 5.73 Å². The lowest BCUT2D eigenvalue weighted by atomic mass is 10.1. The molecule has 0 fully saturated rings. The molecule has 0 aliphatic heterocycles. The van der Waals surface area contributed by atoms with Gasteiger partial charge in [-0.1, -0.05) is 6.08 Å². The van der Waals surface area contributed by atoms with Gasteiger partial charge < -0.3 is 10.8 Å². The van der Waals surface area contributed by atoms with Crippen molar-refractivity contribution in [3.05, 3.63) is 12.3 Å². The Kier molecular flexibility index (Phi) is 2.55. The lowest BCUT2D eigenvalue weighted by Gasteiger charge is -2.12. The van der Waals surface area contributed by atoms with Crippen LogP contribution in [0.25, 0.3) is 0 Å². The first-order valence-electron chi connectivity index (χ1n) is 2.65. The maximum Gasteiger partial charge on any atom is 0.0626 e. The zero-order valence-electron chi connectivity index (χ0n) is 5.39. The molecule has 0 saturated heterocycles. The highest BCUT2D eigenvalue weighted by atomic mass is 16.3. The highest BCUT2D eigenvalue weighted by molar-refractivity contribution is 4.83. The predicted octanol–water partition coefficient (Wildman–Crippen LogP) is 0.620. The van der Waals surface area contributed by atoms with E-state index in [1.165, 1.54) is 6.20 Å². The van der Waals surface area contributed by atoms with Crippen LogP contribution in [0.3, 0.4) is 0 Å². The molecule has 0 unspecified atom stereocenters. The normalized spacial score (nSPS) is 12.9. The summed E-state index contributed by atoms with van der Waals surface area (Å²) in [6.45, 7) is 3.49.